The second-order valence-corrected chi connectivity index (χ2v) is 8.07. The molecule has 5 nitrogen and oxygen atoms in total. The molecule has 1 aromatic rings. The van der Waals surface area contributed by atoms with Gasteiger partial charge in [-0.15, -0.1) is 11.3 Å². The topological polar surface area (TPSA) is 52.6 Å². The minimum atomic E-state index is 0.818. The Bertz CT molecular complexity index is 489. The number of thiazole rings is 1. The van der Waals surface area contributed by atoms with E-state index in [-0.39, 0.29) is 0 Å². The summed E-state index contributed by atoms with van der Waals surface area (Å²) in [5, 5.41) is 7.97. The van der Waals surface area contributed by atoms with Gasteiger partial charge < -0.3 is 15.5 Å². The number of hydrogen-bond acceptors (Lipinski definition) is 4. The molecular formula is C17H31N5S. The van der Waals surface area contributed by atoms with Crippen LogP contribution in [0, 0.1) is 18.8 Å². The van der Waals surface area contributed by atoms with Crippen LogP contribution in [-0.4, -0.2) is 55.6 Å². The molecule has 23 heavy (non-hydrogen) atoms. The molecular weight excluding hydrogens is 306 g/mol. The zero-order valence-corrected chi connectivity index (χ0v) is 15.7. The van der Waals surface area contributed by atoms with Gasteiger partial charge in [0.1, 0.15) is 0 Å². The van der Waals surface area contributed by atoms with Gasteiger partial charge in [-0.05, 0) is 25.2 Å². The minimum Gasteiger partial charge on any atom is -0.356 e. The van der Waals surface area contributed by atoms with Crippen LogP contribution in [0.1, 0.15) is 30.2 Å². The number of aryl methyl sites for hydroxylation is 1. The summed E-state index contributed by atoms with van der Waals surface area (Å²) < 4.78 is 0. The van der Waals surface area contributed by atoms with Crippen molar-refractivity contribution >= 4 is 17.3 Å². The maximum Gasteiger partial charge on any atom is 0.191 e. The molecule has 0 radical (unpaired) electrons. The van der Waals surface area contributed by atoms with Crippen molar-refractivity contribution in [2.45, 2.75) is 33.6 Å². The van der Waals surface area contributed by atoms with Crippen molar-refractivity contribution in [2.24, 2.45) is 16.8 Å². The monoisotopic (exact) mass is 337 g/mol. The van der Waals surface area contributed by atoms with Crippen LogP contribution in [-0.2, 0) is 6.42 Å². The second-order valence-electron chi connectivity index (χ2n) is 6.75. The van der Waals surface area contributed by atoms with E-state index in [1.165, 1.54) is 29.4 Å². The van der Waals surface area contributed by atoms with E-state index in [1.54, 1.807) is 11.3 Å². The molecule has 2 rings (SSSR count). The number of hydrogen-bond donors (Lipinski definition) is 2. The summed E-state index contributed by atoms with van der Waals surface area (Å²) in [5.41, 5.74) is 0. The van der Waals surface area contributed by atoms with Crippen LogP contribution in [0.4, 0.5) is 0 Å². The lowest BCUT2D eigenvalue weighted by atomic mass is 9.92. The third-order valence-electron chi connectivity index (χ3n) is 4.19. The molecule has 2 N–H and O–H groups in total. The van der Waals surface area contributed by atoms with Gasteiger partial charge >= 0.3 is 0 Å². The number of aromatic nitrogens is 1. The molecule has 0 amide bonds. The van der Waals surface area contributed by atoms with Crippen LogP contribution in [0.2, 0.25) is 0 Å². The first-order valence-electron chi connectivity index (χ1n) is 8.65. The number of rotatable bonds is 6. The first-order valence-corrected chi connectivity index (χ1v) is 9.46. The third kappa shape index (κ3) is 6.47. The molecule has 0 bridgehead atoms. The van der Waals surface area contributed by atoms with Crippen LogP contribution in [0.3, 0.4) is 0 Å². The van der Waals surface area contributed by atoms with E-state index in [4.69, 9.17) is 0 Å². The first-order chi connectivity index (χ1) is 11.1. The van der Waals surface area contributed by atoms with E-state index in [0.29, 0.717) is 0 Å². The van der Waals surface area contributed by atoms with Crippen molar-refractivity contribution in [3.8, 4) is 0 Å². The molecule has 130 valence electrons. The van der Waals surface area contributed by atoms with Gasteiger partial charge in [0.2, 0.25) is 0 Å². The Kier molecular flexibility index (Phi) is 7.30. The van der Waals surface area contributed by atoms with Crippen LogP contribution < -0.4 is 10.6 Å². The van der Waals surface area contributed by atoms with Gasteiger partial charge in [-0.1, -0.05) is 13.8 Å². The van der Waals surface area contributed by atoms with Crippen LogP contribution in [0.15, 0.2) is 11.2 Å². The maximum atomic E-state index is 4.39. The van der Waals surface area contributed by atoms with Crippen LogP contribution >= 0.6 is 11.3 Å². The first kappa shape index (κ1) is 18.2. The Morgan fingerprint density at radius 2 is 2.00 bits per heavy atom. The van der Waals surface area contributed by atoms with Gasteiger partial charge in [0.25, 0.3) is 0 Å². The Labute approximate surface area is 144 Å². The van der Waals surface area contributed by atoms with E-state index < -0.39 is 0 Å². The number of aliphatic imine (C=N–C) groups is 1. The lowest BCUT2D eigenvalue weighted by molar-refractivity contribution is 0.143. The van der Waals surface area contributed by atoms with Crippen molar-refractivity contribution in [2.75, 3.05) is 39.8 Å². The summed E-state index contributed by atoms with van der Waals surface area (Å²) in [6.45, 7) is 12.1. The zero-order chi connectivity index (χ0) is 16.7. The number of nitrogens with one attached hydrogen (secondary N) is 2. The fraction of sp³-hybridized carbons (Fsp3) is 0.765. The van der Waals surface area contributed by atoms with E-state index >= 15 is 0 Å². The number of nitrogens with zero attached hydrogens (tertiary/aromatic N) is 3. The van der Waals surface area contributed by atoms with Crippen molar-refractivity contribution in [1.29, 1.82) is 0 Å². The normalized spacial score (nSPS) is 23.0. The highest BCUT2D eigenvalue weighted by Gasteiger charge is 2.21. The smallest absolute Gasteiger partial charge is 0.191 e. The SMILES string of the molecule is CN=C(NCCc1ncc(C)s1)NCCN1CC(C)CC(C)C1. The Balaban J connectivity index is 1.63. The molecule has 6 heteroatoms. The summed E-state index contributed by atoms with van der Waals surface area (Å²) in [7, 11) is 1.83. The van der Waals surface area contributed by atoms with Crippen molar-refractivity contribution < 1.29 is 0 Å². The van der Waals surface area contributed by atoms with Gasteiger partial charge in [-0.25, -0.2) is 4.98 Å². The lowest BCUT2D eigenvalue weighted by Crippen LogP contribution is -2.45. The molecule has 1 aliphatic heterocycles. The summed E-state index contributed by atoms with van der Waals surface area (Å²) >= 11 is 1.77. The summed E-state index contributed by atoms with van der Waals surface area (Å²) in [6, 6.07) is 0. The van der Waals surface area contributed by atoms with E-state index in [2.05, 4.69) is 46.3 Å². The molecule has 0 aliphatic carbocycles. The maximum absolute atomic E-state index is 4.39. The van der Waals surface area contributed by atoms with Gasteiger partial charge in [-0.2, -0.15) is 0 Å². The molecule has 1 aromatic heterocycles. The summed E-state index contributed by atoms with van der Waals surface area (Å²) in [5.74, 6) is 2.52. The van der Waals surface area contributed by atoms with Crippen molar-refractivity contribution in [1.82, 2.24) is 20.5 Å². The van der Waals surface area contributed by atoms with Crippen LogP contribution in [0.25, 0.3) is 0 Å². The van der Waals surface area contributed by atoms with Gasteiger partial charge in [-0.3, -0.25) is 4.99 Å². The van der Waals surface area contributed by atoms with Crippen molar-refractivity contribution in [3.63, 3.8) is 0 Å². The number of guanidine groups is 1. The fourth-order valence-electron chi connectivity index (χ4n) is 3.33. The summed E-state index contributed by atoms with van der Waals surface area (Å²) in [6.07, 6.45) is 4.25. The molecule has 1 saturated heterocycles. The number of piperidine rings is 1. The Morgan fingerprint density at radius 3 is 2.61 bits per heavy atom. The van der Waals surface area contributed by atoms with Gasteiger partial charge in [0.15, 0.2) is 5.96 Å². The fourth-order valence-corrected chi connectivity index (χ4v) is 4.12. The molecule has 2 unspecified atom stereocenters. The summed E-state index contributed by atoms with van der Waals surface area (Å²) in [4.78, 5) is 12.5. The zero-order valence-electron chi connectivity index (χ0n) is 14.9. The largest absolute Gasteiger partial charge is 0.356 e. The van der Waals surface area contributed by atoms with Gasteiger partial charge in [0, 0.05) is 57.3 Å². The highest BCUT2D eigenvalue weighted by Crippen LogP contribution is 2.20. The third-order valence-corrected chi connectivity index (χ3v) is 5.16. The number of likely N-dealkylation sites (tertiary alicyclic amines) is 1. The Hall–Kier alpha value is -1.14. The quantitative estimate of drug-likeness (QED) is 0.617. The molecule has 0 aromatic carbocycles. The molecule has 0 saturated carbocycles. The van der Waals surface area contributed by atoms with Crippen molar-refractivity contribution in [3.05, 3.63) is 16.1 Å². The van der Waals surface area contributed by atoms with E-state index in [1.807, 2.05) is 13.2 Å². The molecule has 0 spiro atoms. The van der Waals surface area contributed by atoms with Gasteiger partial charge in [0.05, 0.1) is 5.01 Å². The molecule has 1 fully saturated rings. The molecule has 1 aliphatic rings. The predicted molar refractivity (Wildman–Crippen MR) is 99.3 cm³/mol. The second kappa shape index (κ2) is 9.23. The molecule has 2 atom stereocenters. The van der Waals surface area contributed by atoms with E-state index in [9.17, 15) is 0 Å². The highest BCUT2D eigenvalue weighted by molar-refractivity contribution is 7.11. The van der Waals surface area contributed by atoms with E-state index in [0.717, 1.165) is 43.9 Å². The Morgan fingerprint density at radius 1 is 1.30 bits per heavy atom. The average Bonchev–Trinajstić information content (AvgIpc) is 2.90. The molecule has 2 heterocycles. The minimum absolute atomic E-state index is 0.818. The van der Waals surface area contributed by atoms with Crippen LogP contribution in [0.5, 0.6) is 0 Å². The predicted octanol–water partition coefficient (Wildman–Crippen LogP) is 2.14. The highest BCUT2D eigenvalue weighted by atomic mass is 32.1. The standard InChI is InChI=1S/C17H31N5S/c1-13-9-14(2)12-22(11-13)8-7-20-17(18-4)19-6-5-16-21-10-15(3)23-16/h10,13-14H,5-9,11-12H2,1-4H3,(H2,18,19,20). The lowest BCUT2D eigenvalue weighted by Gasteiger charge is -2.35. The average molecular weight is 338 g/mol.